The maximum Gasteiger partial charge on any atom is 0.139 e. The van der Waals surface area contributed by atoms with E-state index in [0.29, 0.717) is 0 Å². The van der Waals surface area contributed by atoms with E-state index >= 15 is 0 Å². The monoisotopic (exact) mass is 276 g/mol. The SMILES string of the molecule is Bc1ccc(-c2cc(P)c(C)c(P)c2)c(P)c1. The first-order chi connectivity index (χ1) is 7.99. The van der Waals surface area contributed by atoms with Crippen molar-refractivity contribution in [3.05, 3.63) is 35.9 Å². The van der Waals surface area contributed by atoms with Gasteiger partial charge in [-0.3, -0.25) is 0 Å². The second-order valence-electron chi connectivity index (χ2n) is 4.37. The Morgan fingerprint density at radius 1 is 0.882 bits per heavy atom. The quantitative estimate of drug-likeness (QED) is 0.523. The molecular formula is C13H16BP3. The van der Waals surface area contributed by atoms with Gasteiger partial charge < -0.3 is 0 Å². The molecule has 0 nitrogen and oxygen atoms in total. The molecule has 0 aliphatic heterocycles. The summed E-state index contributed by atoms with van der Waals surface area (Å²) in [7, 11) is 10.6. The van der Waals surface area contributed by atoms with E-state index in [1.165, 1.54) is 38.1 Å². The van der Waals surface area contributed by atoms with Crippen LogP contribution in [0.4, 0.5) is 0 Å². The summed E-state index contributed by atoms with van der Waals surface area (Å²) in [5.74, 6) is 0. The fourth-order valence-electron chi connectivity index (χ4n) is 1.86. The van der Waals surface area contributed by atoms with Gasteiger partial charge >= 0.3 is 0 Å². The second kappa shape index (κ2) is 5.20. The molecule has 0 aliphatic rings. The molecule has 0 saturated heterocycles. The Labute approximate surface area is 111 Å². The molecule has 86 valence electrons. The highest BCUT2D eigenvalue weighted by molar-refractivity contribution is 7.30. The van der Waals surface area contributed by atoms with E-state index in [2.05, 4.69) is 72.8 Å². The highest BCUT2D eigenvalue weighted by atomic mass is 31.0. The fraction of sp³-hybridized carbons (Fsp3) is 0.0769. The van der Waals surface area contributed by atoms with Gasteiger partial charge in [-0.05, 0) is 51.7 Å². The van der Waals surface area contributed by atoms with Gasteiger partial charge in [0.15, 0.2) is 0 Å². The molecule has 0 bridgehead atoms. The van der Waals surface area contributed by atoms with Crippen LogP contribution in [0.2, 0.25) is 0 Å². The Hall–Kier alpha value is -0.205. The molecule has 3 unspecified atom stereocenters. The average molecular weight is 276 g/mol. The van der Waals surface area contributed by atoms with Crippen molar-refractivity contribution in [3.8, 4) is 11.1 Å². The lowest BCUT2D eigenvalue weighted by atomic mass is 9.93. The molecule has 2 aromatic carbocycles. The van der Waals surface area contributed by atoms with E-state index in [1.807, 2.05) is 0 Å². The molecule has 3 atom stereocenters. The molecule has 2 rings (SSSR count). The Bertz CT molecular complexity index is 556. The van der Waals surface area contributed by atoms with Crippen LogP contribution in [0.1, 0.15) is 5.56 Å². The Morgan fingerprint density at radius 3 is 2.00 bits per heavy atom. The molecule has 0 aromatic heterocycles. The summed E-state index contributed by atoms with van der Waals surface area (Å²) in [4.78, 5) is 0. The number of rotatable bonds is 1. The van der Waals surface area contributed by atoms with Crippen LogP contribution >= 0.6 is 27.7 Å². The van der Waals surface area contributed by atoms with E-state index in [4.69, 9.17) is 0 Å². The van der Waals surface area contributed by atoms with Gasteiger partial charge in [0.05, 0.1) is 0 Å². The van der Waals surface area contributed by atoms with Gasteiger partial charge in [0, 0.05) is 0 Å². The summed E-state index contributed by atoms with van der Waals surface area (Å²) in [6.07, 6.45) is 0. The van der Waals surface area contributed by atoms with Gasteiger partial charge in [-0.15, -0.1) is 27.7 Å². The van der Waals surface area contributed by atoms with Crippen molar-refractivity contribution in [2.75, 3.05) is 0 Å². The van der Waals surface area contributed by atoms with Crippen molar-refractivity contribution in [1.82, 2.24) is 0 Å². The second-order valence-corrected chi connectivity index (χ2v) is 6.24. The van der Waals surface area contributed by atoms with Gasteiger partial charge in [-0.2, -0.15) is 0 Å². The normalized spacial score (nSPS) is 10.6. The van der Waals surface area contributed by atoms with Gasteiger partial charge in [0.25, 0.3) is 0 Å². The first-order valence-electron chi connectivity index (χ1n) is 5.51. The molecular weight excluding hydrogens is 260 g/mol. The standard InChI is InChI=1S/C13H16BP3/c1-7-11(15)4-8(5-12(7)16)10-3-2-9(14)6-13(10)17/h2-6H,14-17H2,1H3. The molecule has 0 radical (unpaired) electrons. The largest absolute Gasteiger partial charge is 0.139 e. The summed E-state index contributed by atoms with van der Waals surface area (Å²) in [5, 5.41) is 3.78. The third-order valence-electron chi connectivity index (χ3n) is 3.01. The third kappa shape index (κ3) is 2.79. The smallest absolute Gasteiger partial charge is 0.105 e. The van der Waals surface area contributed by atoms with Crippen LogP contribution in [0, 0.1) is 6.92 Å². The summed E-state index contributed by atoms with van der Waals surface area (Å²) in [6.45, 7) is 2.14. The Balaban J connectivity index is 2.61. The number of hydrogen-bond donors (Lipinski definition) is 0. The first kappa shape index (κ1) is 13.2. The van der Waals surface area contributed by atoms with Crippen molar-refractivity contribution in [2.24, 2.45) is 0 Å². The topological polar surface area (TPSA) is 0 Å². The zero-order chi connectivity index (χ0) is 12.6. The molecule has 0 amide bonds. The van der Waals surface area contributed by atoms with E-state index in [0.717, 1.165) is 0 Å². The number of hydrogen-bond acceptors (Lipinski definition) is 0. The molecule has 0 saturated carbocycles. The molecule has 17 heavy (non-hydrogen) atoms. The lowest BCUT2D eigenvalue weighted by molar-refractivity contribution is 1.57. The molecule has 0 aliphatic carbocycles. The van der Waals surface area contributed by atoms with Crippen LogP contribution in [0.25, 0.3) is 11.1 Å². The lowest BCUT2D eigenvalue weighted by Crippen LogP contribution is -2.13. The van der Waals surface area contributed by atoms with Crippen LogP contribution in [-0.2, 0) is 0 Å². The van der Waals surface area contributed by atoms with Crippen molar-refractivity contribution in [2.45, 2.75) is 6.92 Å². The van der Waals surface area contributed by atoms with Crippen LogP contribution in [0.15, 0.2) is 30.3 Å². The van der Waals surface area contributed by atoms with Gasteiger partial charge in [0.2, 0.25) is 0 Å². The molecule has 4 heteroatoms. The van der Waals surface area contributed by atoms with E-state index in [-0.39, 0.29) is 0 Å². The highest BCUT2D eigenvalue weighted by Crippen LogP contribution is 2.19. The minimum absolute atomic E-state index is 1.25. The van der Waals surface area contributed by atoms with E-state index in [9.17, 15) is 0 Å². The minimum Gasteiger partial charge on any atom is -0.105 e. The number of benzene rings is 2. The maximum atomic E-state index is 2.82. The molecule has 0 N–H and O–H groups in total. The maximum absolute atomic E-state index is 2.82. The van der Waals surface area contributed by atoms with Crippen LogP contribution < -0.4 is 21.4 Å². The molecule has 2 aromatic rings. The summed E-state index contributed by atoms with van der Waals surface area (Å²) < 4.78 is 0. The minimum atomic E-state index is 1.25. The van der Waals surface area contributed by atoms with Crippen LogP contribution in [0.3, 0.4) is 0 Å². The highest BCUT2D eigenvalue weighted by Gasteiger charge is 2.06. The van der Waals surface area contributed by atoms with Crippen LogP contribution in [-0.4, -0.2) is 7.85 Å². The molecule has 0 heterocycles. The van der Waals surface area contributed by atoms with Gasteiger partial charge in [-0.1, -0.05) is 23.7 Å². The van der Waals surface area contributed by atoms with E-state index < -0.39 is 0 Å². The summed E-state index contributed by atoms with van der Waals surface area (Å²) in [5.41, 5.74) is 5.17. The van der Waals surface area contributed by atoms with Crippen LogP contribution in [0.5, 0.6) is 0 Å². The lowest BCUT2D eigenvalue weighted by Gasteiger charge is -2.11. The van der Waals surface area contributed by atoms with Crippen molar-refractivity contribution in [3.63, 3.8) is 0 Å². The first-order valence-corrected chi connectivity index (χ1v) is 7.24. The van der Waals surface area contributed by atoms with Crippen molar-refractivity contribution >= 4 is 56.9 Å². The Morgan fingerprint density at radius 2 is 1.47 bits per heavy atom. The van der Waals surface area contributed by atoms with E-state index in [1.54, 1.807) is 0 Å². The zero-order valence-corrected chi connectivity index (χ0v) is 13.6. The predicted octanol–water partition coefficient (Wildman–Crippen LogP) is 0.422. The molecule has 0 spiro atoms. The molecule has 0 fully saturated rings. The predicted molar refractivity (Wildman–Crippen MR) is 92.8 cm³/mol. The fourth-order valence-corrected chi connectivity index (χ4v) is 3.25. The van der Waals surface area contributed by atoms with Crippen molar-refractivity contribution in [1.29, 1.82) is 0 Å². The summed E-state index contributed by atoms with van der Waals surface area (Å²) in [6, 6.07) is 11.0. The van der Waals surface area contributed by atoms with Gasteiger partial charge in [-0.25, -0.2) is 0 Å². The van der Waals surface area contributed by atoms with Crippen molar-refractivity contribution < 1.29 is 0 Å². The Kier molecular flexibility index (Phi) is 4.04. The van der Waals surface area contributed by atoms with Gasteiger partial charge in [0.1, 0.15) is 7.85 Å². The summed E-state index contributed by atoms with van der Waals surface area (Å²) >= 11 is 0. The third-order valence-corrected chi connectivity index (χ3v) is 4.68. The average Bonchev–Trinajstić information content (AvgIpc) is 2.25. The zero-order valence-electron chi connectivity index (χ0n) is 10.1.